The third-order valence-electron chi connectivity index (χ3n) is 7.04. The Morgan fingerprint density at radius 2 is 1.29 bits per heavy atom. The van der Waals surface area contributed by atoms with Crippen molar-refractivity contribution in [3.8, 4) is 11.5 Å². The zero-order valence-corrected chi connectivity index (χ0v) is 21.4. The fourth-order valence-corrected chi connectivity index (χ4v) is 4.55. The molecule has 0 aromatic heterocycles. The molecule has 3 atom stereocenters. The van der Waals surface area contributed by atoms with Gasteiger partial charge in [0.25, 0.3) is 0 Å². The van der Waals surface area contributed by atoms with E-state index in [4.69, 9.17) is 0 Å². The normalized spacial score (nSPS) is 15.8. The summed E-state index contributed by atoms with van der Waals surface area (Å²) in [4.78, 5) is 0. The number of aliphatic hydroxyl groups is 1. The summed E-state index contributed by atoms with van der Waals surface area (Å²) >= 11 is 0. The molecule has 0 bridgehead atoms. The predicted molar refractivity (Wildman–Crippen MR) is 133 cm³/mol. The molecule has 0 fully saturated rings. The largest absolute Gasteiger partial charge is 0.504 e. The zero-order valence-electron chi connectivity index (χ0n) is 21.4. The number of hydrogen-bond acceptors (Lipinski definition) is 3. The maximum atomic E-state index is 10.8. The van der Waals surface area contributed by atoms with Crippen LogP contribution in [0, 0.1) is 31.6 Å². The molecule has 180 valence electrons. The van der Waals surface area contributed by atoms with E-state index < -0.39 is 5.60 Å². The first-order valence-electron chi connectivity index (χ1n) is 12.7. The van der Waals surface area contributed by atoms with E-state index in [1.54, 1.807) is 6.92 Å². The molecule has 0 saturated carbocycles. The number of phenolic OH excluding ortho intramolecular Hbond substituents is 2. The second kappa shape index (κ2) is 13.4. The zero-order chi connectivity index (χ0) is 23.6. The minimum atomic E-state index is -0.696. The van der Waals surface area contributed by atoms with Gasteiger partial charge >= 0.3 is 0 Å². The Kier molecular flexibility index (Phi) is 12.0. The molecular weight excluding hydrogens is 384 g/mol. The molecule has 3 unspecified atom stereocenters. The molecule has 0 aliphatic carbocycles. The maximum absolute atomic E-state index is 10.8. The molecule has 0 saturated heterocycles. The van der Waals surface area contributed by atoms with Gasteiger partial charge in [-0.05, 0) is 74.5 Å². The van der Waals surface area contributed by atoms with Crippen molar-refractivity contribution in [1.82, 2.24) is 0 Å². The molecule has 0 amide bonds. The van der Waals surface area contributed by atoms with Crippen LogP contribution in [-0.2, 0) is 6.42 Å². The first-order valence-corrected chi connectivity index (χ1v) is 12.7. The van der Waals surface area contributed by atoms with Gasteiger partial charge in [0.1, 0.15) is 0 Å². The smallest absolute Gasteiger partial charge is 0.160 e. The monoisotopic (exact) mass is 434 g/mol. The van der Waals surface area contributed by atoms with Gasteiger partial charge < -0.3 is 15.3 Å². The van der Waals surface area contributed by atoms with E-state index in [1.807, 2.05) is 19.9 Å². The Labute approximate surface area is 192 Å². The molecule has 1 aromatic rings. The minimum absolute atomic E-state index is 0.0299. The lowest BCUT2D eigenvalue weighted by molar-refractivity contribution is 0.0386. The molecule has 3 heteroatoms. The fraction of sp³-hybridized carbons (Fsp3) is 0.786. The molecule has 3 N–H and O–H groups in total. The van der Waals surface area contributed by atoms with Crippen LogP contribution in [0.5, 0.6) is 11.5 Å². The molecule has 1 aromatic carbocycles. The number of aromatic hydroxyl groups is 2. The van der Waals surface area contributed by atoms with Crippen molar-refractivity contribution >= 4 is 0 Å². The van der Waals surface area contributed by atoms with E-state index >= 15 is 0 Å². The lowest BCUT2D eigenvalue weighted by Gasteiger charge is -2.25. The molecule has 0 heterocycles. The molecule has 0 radical (unpaired) electrons. The van der Waals surface area contributed by atoms with Crippen LogP contribution in [0.4, 0.5) is 0 Å². The van der Waals surface area contributed by atoms with Crippen LogP contribution >= 0.6 is 0 Å². The van der Waals surface area contributed by atoms with Gasteiger partial charge in [0.15, 0.2) is 11.5 Å². The highest BCUT2D eigenvalue weighted by molar-refractivity contribution is 5.52. The van der Waals surface area contributed by atoms with Crippen LogP contribution in [0.3, 0.4) is 0 Å². The Morgan fingerprint density at radius 1 is 0.774 bits per heavy atom. The van der Waals surface area contributed by atoms with Crippen LogP contribution in [0.1, 0.15) is 116 Å². The Bertz CT molecular complexity index is 648. The Balaban J connectivity index is 2.28. The summed E-state index contributed by atoms with van der Waals surface area (Å²) in [6.45, 7) is 14.9. The molecule has 31 heavy (non-hydrogen) atoms. The Hall–Kier alpha value is -1.22. The third-order valence-corrected chi connectivity index (χ3v) is 7.04. The first-order chi connectivity index (χ1) is 14.4. The third kappa shape index (κ3) is 10.8. The fourth-order valence-electron chi connectivity index (χ4n) is 4.55. The first kappa shape index (κ1) is 27.8. The van der Waals surface area contributed by atoms with Gasteiger partial charge in [-0.15, -0.1) is 0 Å². The number of rotatable bonds is 15. The van der Waals surface area contributed by atoms with Crippen LogP contribution in [0.15, 0.2) is 6.07 Å². The molecular formula is C28H50O3. The quantitative estimate of drug-likeness (QED) is 0.246. The van der Waals surface area contributed by atoms with Gasteiger partial charge in [-0.3, -0.25) is 0 Å². The second-order valence-electron chi connectivity index (χ2n) is 11.0. The number of aryl methyl sites for hydroxylation is 2. The van der Waals surface area contributed by atoms with Gasteiger partial charge in [-0.25, -0.2) is 0 Å². The van der Waals surface area contributed by atoms with Crippen molar-refractivity contribution in [1.29, 1.82) is 0 Å². The molecule has 1 rings (SSSR count). The highest BCUT2D eigenvalue weighted by Crippen LogP contribution is 2.35. The predicted octanol–water partition coefficient (Wildman–Crippen LogP) is 7.84. The molecule has 0 spiro atoms. The minimum Gasteiger partial charge on any atom is -0.504 e. The van der Waals surface area contributed by atoms with E-state index in [1.165, 1.54) is 44.9 Å². The van der Waals surface area contributed by atoms with Crippen molar-refractivity contribution in [3.63, 3.8) is 0 Å². The van der Waals surface area contributed by atoms with Gasteiger partial charge in [0, 0.05) is 0 Å². The highest BCUT2D eigenvalue weighted by atomic mass is 16.3. The van der Waals surface area contributed by atoms with E-state index in [9.17, 15) is 15.3 Å². The summed E-state index contributed by atoms with van der Waals surface area (Å²) < 4.78 is 0. The van der Waals surface area contributed by atoms with Crippen LogP contribution < -0.4 is 0 Å². The van der Waals surface area contributed by atoms with Crippen molar-refractivity contribution in [2.75, 3.05) is 0 Å². The summed E-state index contributed by atoms with van der Waals surface area (Å²) in [5.41, 5.74) is 1.70. The summed E-state index contributed by atoms with van der Waals surface area (Å²) in [6, 6.07) is 1.92. The number of benzene rings is 1. The van der Waals surface area contributed by atoms with Crippen LogP contribution in [-0.4, -0.2) is 20.9 Å². The SMILES string of the molecule is Cc1cc(CCC(C)(O)CCCC(C)CCCC(C)CCCC(C)C)c(C)c(O)c1O. The number of phenols is 2. The second-order valence-corrected chi connectivity index (χ2v) is 11.0. The summed E-state index contributed by atoms with van der Waals surface area (Å²) in [5, 5.41) is 30.7. The van der Waals surface area contributed by atoms with Crippen molar-refractivity contribution in [2.24, 2.45) is 17.8 Å². The van der Waals surface area contributed by atoms with Gasteiger partial charge in [-0.1, -0.05) is 85.1 Å². The van der Waals surface area contributed by atoms with Crippen molar-refractivity contribution in [2.45, 2.75) is 125 Å². The average molecular weight is 435 g/mol. The average Bonchev–Trinajstić information content (AvgIpc) is 2.67. The van der Waals surface area contributed by atoms with E-state index in [-0.39, 0.29) is 11.5 Å². The summed E-state index contributed by atoms with van der Waals surface area (Å²) in [5.74, 6) is 2.33. The maximum Gasteiger partial charge on any atom is 0.160 e. The summed E-state index contributed by atoms with van der Waals surface area (Å²) in [6.07, 6.45) is 12.5. The highest BCUT2D eigenvalue weighted by Gasteiger charge is 2.22. The molecule has 0 aliphatic heterocycles. The van der Waals surface area contributed by atoms with E-state index in [0.717, 1.165) is 36.2 Å². The van der Waals surface area contributed by atoms with Crippen LogP contribution in [0.25, 0.3) is 0 Å². The van der Waals surface area contributed by atoms with E-state index in [2.05, 4.69) is 27.7 Å². The van der Waals surface area contributed by atoms with E-state index in [0.29, 0.717) is 24.0 Å². The number of hydrogen-bond donors (Lipinski definition) is 3. The summed E-state index contributed by atoms with van der Waals surface area (Å²) in [7, 11) is 0. The lowest BCUT2D eigenvalue weighted by atomic mass is 9.87. The van der Waals surface area contributed by atoms with Crippen LogP contribution in [0.2, 0.25) is 0 Å². The lowest BCUT2D eigenvalue weighted by Crippen LogP contribution is -2.25. The van der Waals surface area contributed by atoms with Crippen molar-refractivity contribution < 1.29 is 15.3 Å². The molecule has 0 aliphatic rings. The Morgan fingerprint density at radius 3 is 1.84 bits per heavy atom. The van der Waals surface area contributed by atoms with Gasteiger partial charge in [0.2, 0.25) is 0 Å². The van der Waals surface area contributed by atoms with Crippen molar-refractivity contribution in [3.05, 3.63) is 22.8 Å². The van der Waals surface area contributed by atoms with Gasteiger partial charge in [-0.2, -0.15) is 0 Å². The van der Waals surface area contributed by atoms with Gasteiger partial charge in [0.05, 0.1) is 5.60 Å². The topological polar surface area (TPSA) is 60.7 Å². The standard InChI is InChI=1S/C28H50O3/c1-20(2)11-8-12-21(3)13-9-14-22(4)15-10-17-28(7,31)18-16-25-19-23(5)26(29)27(30)24(25)6/h19-22,29-31H,8-18H2,1-7H3. The molecule has 3 nitrogen and oxygen atoms in total.